The Morgan fingerprint density at radius 1 is 1.18 bits per heavy atom. The highest BCUT2D eigenvalue weighted by molar-refractivity contribution is 7.13. The number of nitrogens with one attached hydrogen (secondary N) is 2. The molecule has 11 nitrogen and oxygen atoms in total. The average molecular weight is 548 g/mol. The first-order valence-electron chi connectivity index (χ1n) is 11.1. The summed E-state index contributed by atoms with van der Waals surface area (Å²) in [7, 11) is 0. The molecule has 198 valence electrons. The number of rotatable bonds is 7. The second kappa shape index (κ2) is 10.5. The molecular formula is C23H20F3N7O4S. The van der Waals surface area contributed by atoms with E-state index in [0.717, 1.165) is 16.7 Å². The maximum Gasteiger partial charge on any atom is 0.434 e. The molecule has 0 bridgehead atoms. The Kier molecular flexibility index (Phi) is 7.41. The van der Waals surface area contributed by atoms with E-state index in [1.807, 2.05) is 6.92 Å². The number of aryl methyl sites for hydroxylation is 1. The Hall–Kier alpha value is -4.37. The smallest absolute Gasteiger partial charge is 0.434 e. The number of carbonyl (C=O) groups is 2. The first-order valence-corrected chi connectivity index (χ1v) is 12.0. The predicted molar refractivity (Wildman–Crippen MR) is 134 cm³/mol. The minimum atomic E-state index is -4.68. The molecule has 0 radical (unpaired) electrons. The number of amides is 2. The van der Waals surface area contributed by atoms with Gasteiger partial charge in [0.1, 0.15) is 16.4 Å². The lowest BCUT2D eigenvalue weighted by molar-refractivity contribution is -0.140. The quantitative estimate of drug-likeness (QED) is 0.254. The lowest BCUT2D eigenvalue weighted by atomic mass is 10.0. The summed E-state index contributed by atoms with van der Waals surface area (Å²) in [6.07, 6.45) is -0.109. The van der Waals surface area contributed by atoms with Gasteiger partial charge in [0.2, 0.25) is 5.43 Å². The van der Waals surface area contributed by atoms with Crippen molar-refractivity contribution in [1.29, 1.82) is 0 Å². The van der Waals surface area contributed by atoms with Gasteiger partial charge >= 0.3 is 18.2 Å². The molecule has 2 amide bonds. The lowest BCUT2D eigenvalue weighted by Gasteiger charge is -2.14. The van der Waals surface area contributed by atoms with Crippen molar-refractivity contribution in [1.82, 2.24) is 24.8 Å². The zero-order valence-electron chi connectivity index (χ0n) is 19.7. The van der Waals surface area contributed by atoms with Crippen LogP contribution in [0.4, 0.5) is 23.8 Å². The third-order valence-electron chi connectivity index (χ3n) is 5.37. The van der Waals surface area contributed by atoms with Crippen molar-refractivity contribution in [3.63, 3.8) is 0 Å². The number of aromatic nitrogens is 4. The Morgan fingerprint density at radius 3 is 2.58 bits per heavy atom. The molecule has 4 aromatic heterocycles. The highest BCUT2D eigenvalue weighted by Crippen LogP contribution is 2.38. The molecule has 0 saturated heterocycles. The Bertz CT molecular complexity index is 1600. The van der Waals surface area contributed by atoms with Gasteiger partial charge in [-0.1, -0.05) is 6.92 Å². The molecular weight excluding hydrogens is 527 g/mol. The van der Waals surface area contributed by atoms with E-state index in [4.69, 9.17) is 5.73 Å². The Labute approximate surface area is 216 Å². The van der Waals surface area contributed by atoms with Crippen molar-refractivity contribution in [2.75, 3.05) is 12.0 Å². The first-order chi connectivity index (χ1) is 18.0. The highest BCUT2D eigenvalue weighted by atomic mass is 32.1. The number of halogens is 3. The van der Waals surface area contributed by atoms with Crippen LogP contribution in [0.15, 0.2) is 40.9 Å². The van der Waals surface area contributed by atoms with E-state index in [1.165, 1.54) is 30.7 Å². The topological polar surface area (TPSA) is 165 Å². The molecule has 0 aliphatic carbocycles. The van der Waals surface area contributed by atoms with Crippen LogP contribution in [-0.2, 0) is 12.7 Å². The second-order valence-corrected chi connectivity index (χ2v) is 8.80. The molecule has 0 aliphatic rings. The molecule has 5 N–H and O–H groups in total. The zero-order chi connectivity index (χ0) is 27.6. The van der Waals surface area contributed by atoms with E-state index in [-0.39, 0.29) is 39.7 Å². The van der Waals surface area contributed by atoms with Gasteiger partial charge in [0.15, 0.2) is 5.69 Å². The third kappa shape index (κ3) is 5.33. The number of nitrogens with zero attached hydrogens (tertiary/aromatic N) is 4. The summed E-state index contributed by atoms with van der Waals surface area (Å²) in [5, 5.41) is 15.1. The Morgan fingerprint density at radius 2 is 1.95 bits per heavy atom. The molecule has 0 aliphatic heterocycles. The normalized spacial score (nSPS) is 11.5. The number of carboxylic acids is 1. The van der Waals surface area contributed by atoms with E-state index in [0.29, 0.717) is 18.5 Å². The van der Waals surface area contributed by atoms with Gasteiger partial charge in [0.25, 0.3) is 0 Å². The van der Waals surface area contributed by atoms with Crippen LogP contribution in [-0.4, -0.2) is 43.3 Å². The molecule has 38 heavy (non-hydrogen) atoms. The summed E-state index contributed by atoms with van der Waals surface area (Å²) in [6, 6.07) is 2.00. The molecule has 4 aromatic rings. The number of urea groups is 1. The summed E-state index contributed by atoms with van der Waals surface area (Å²) in [5.41, 5.74) is 3.92. The van der Waals surface area contributed by atoms with Crippen molar-refractivity contribution in [2.24, 2.45) is 5.73 Å². The fourth-order valence-electron chi connectivity index (χ4n) is 3.70. The molecule has 4 heterocycles. The van der Waals surface area contributed by atoms with Gasteiger partial charge in [-0.25, -0.2) is 19.6 Å². The number of anilines is 1. The van der Waals surface area contributed by atoms with Crippen molar-refractivity contribution >= 4 is 40.1 Å². The van der Waals surface area contributed by atoms with E-state index in [2.05, 4.69) is 25.6 Å². The molecule has 0 aromatic carbocycles. The fraction of sp³-hybridized carbons (Fsp3) is 0.217. The lowest BCUT2D eigenvalue weighted by Crippen LogP contribution is -2.33. The number of hydrogen-bond acceptors (Lipinski definition) is 8. The van der Waals surface area contributed by atoms with Gasteiger partial charge in [-0.3, -0.25) is 15.1 Å². The van der Waals surface area contributed by atoms with Crippen molar-refractivity contribution < 1.29 is 27.9 Å². The van der Waals surface area contributed by atoms with Crippen LogP contribution in [0.1, 0.15) is 29.4 Å². The largest absolute Gasteiger partial charge is 0.477 e. The summed E-state index contributed by atoms with van der Waals surface area (Å²) in [6.45, 7) is 2.15. The number of thiazole rings is 1. The molecule has 4 rings (SSSR count). The van der Waals surface area contributed by atoms with Crippen LogP contribution in [0.2, 0.25) is 0 Å². The molecule has 0 atom stereocenters. The number of nitrogens with two attached hydrogens (primary N) is 1. The summed E-state index contributed by atoms with van der Waals surface area (Å²) < 4.78 is 41.4. The molecule has 0 fully saturated rings. The maximum atomic E-state index is 13.3. The van der Waals surface area contributed by atoms with Crippen LogP contribution in [0, 0.1) is 0 Å². The predicted octanol–water partition coefficient (Wildman–Crippen LogP) is 3.75. The van der Waals surface area contributed by atoms with Gasteiger partial charge < -0.3 is 20.7 Å². The number of alkyl halides is 3. The van der Waals surface area contributed by atoms with Crippen LogP contribution in [0.5, 0.6) is 0 Å². The fourth-order valence-corrected chi connectivity index (χ4v) is 4.56. The minimum absolute atomic E-state index is 0.00212. The van der Waals surface area contributed by atoms with Crippen LogP contribution in [0.25, 0.3) is 32.7 Å². The zero-order valence-corrected chi connectivity index (χ0v) is 20.5. The van der Waals surface area contributed by atoms with E-state index >= 15 is 0 Å². The maximum absolute atomic E-state index is 13.3. The van der Waals surface area contributed by atoms with Gasteiger partial charge in [0, 0.05) is 35.4 Å². The molecule has 0 unspecified atom stereocenters. The SMILES string of the molecule is CCCn1cc(C(=O)O)c(=O)c2cc(-c3cnc(NC(=O)NCN)cc3-c3nc(C(F)(F)F)cs3)ncc21. The van der Waals surface area contributed by atoms with E-state index in [1.54, 1.807) is 4.57 Å². The van der Waals surface area contributed by atoms with Crippen molar-refractivity contribution in [3.8, 4) is 21.8 Å². The molecule has 0 saturated carbocycles. The van der Waals surface area contributed by atoms with Crippen molar-refractivity contribution in [2.45, 2.75) is 26.1 Å². The van der Waals surface area contributed by atoms with E-state index < -0.39 is 34.9 Å². The van der Waals surface area contributed by atoms with Gasteiger partial charge in [-0.05, 0) is 18.6 Å². The summed E-state index contributed by atoms with van der Waals surface area (Å²) in [4.78, 5) is 48.8. The van der Waals surface area contributed by atoms with Gasteiger partial charge in [-0.2, -0.15) is 13.2 Å². The van der Waals surface area contributed by atoms with Crippen LogP contribution < -0.4 is 21.8 Å². The first kappa shape index (κ1) is 26.7. The monoisotopic (exact) mass is 547 g/mol. The second-order valence-electron chi connectivity index (χ2n) is 7.94. The number of hydrogen-bond donors (Lipinski definition) is 4. The van der Waals surface area contributed by atoms with Crippen molar-refractivity contribution in [3.05, 3.63) is 57.6 Å². The minimum Gasteiger partial charge on any atom is -0.477 e. The van der Waals surface area contributed by atoms with E-state index in [9.17, 15) is 32.7 Å². The number of carboxylic acid groups (broad SMARTS) is 1. The van der Waals surface area contributed by atoms with Crippen LogP contribution in [0.3, 0.4) is 0 Å². The Balaban J connectivity index is 1.93. The number of fused-ring (bicyclic) bond motifs is 1. The molecule has 0 spiro atoms. The number of carbonyl (C=O) groups excluding carboxylic acids is 1. The molecule has 15 heteroatoms. The van der Waals surface area contributed by atoms with Crippen LogP contribution >= 0.6 is 11.3 Å². The third-order valence-corrected chi connectivity index (χ3v) is 6.25. The van der Waals surface area contributed by atoms with Gasteiger partial charge in [-0.15, -0.1) is 11.3 Å². The number of aromatic carboxylic acids is 1. The summed E-state index contributed by atoms with van der Waals surface area (Å²) >= 11 is 0.720. The summed E-state index contributed by atoms with van der Waals surface area (Å²) in [5.74, 6) is -1.39. The standard InChI is InChI=1S/C23H20F3N7O4S/c1-2-3-33-8-14(21(35)36)19(34)12-4-15(28-7-16(12)33)13-6-29-18(32-22(37)30-10-27)5-11(13)20-31-17(9-38-20)23(24,25)26/h4-9H,2-3,10,27H2,1H3,(H,35,36)(H2,29,30,32,37). The van der Waals surface area contributed by atoms with Gasteiger partial charge in [0.05, 0.1) is 29.5 Å². The average Bonchev–Trinajstić information content (AvgIpc) is 3.37. The highest BCUT2D eigenvalue weighted by Gasteiger charge is 2.34. The number of pyridine rings is 3.